The fourth-order valence-corrected chi connectivity index (χ4v) is 5.47. The summed E-state index contributed by atoms with van der Waals surface area (Å²) in [4.78, 5) is 28.9. The summed E-state index contributed by atoms with van der Waals surface area (Å²) >= 11 is 0. The molecule has 4 aromatic rings. The first-order valence-corrected chi connectivity index (χ1v) is 13.9. The monoisotopic (exact) mass is 528 g/mol. The van der Waals surface area contributed by atoms with Crippen molar-refractivity contribution in [3.63, 3.8) is 0 Å². The number of rotatable bonds is 7. The SMILES string of the molecule is CS(=O)(=O)c1ccc(CNC(=O)C2c3ccccc3C(=O)N2C(c2ccccc2)c2ccccc2)c(F)c1. The molecule has 6 nitrogen and oxygen atoms in total. The Morgan fingerprint density at radius 3 is 2.05 bits per heavy atom. The van der Waals surface area contributed by atoms with Crippen LogP contribution in [0.15, 0.2) is 108 Å². The van der Waals surface area contributed by atoms with E-state index in [1.807, 2.05) is 60.7 Å². The van der Waals surface area contributed by atoms with Crippen LogP contribution in [-0.2, 0) is 21.2 Å². The number of carbonyl (C=O) groups is 2. The van der Waals surface area contributed by atoms with Crippen LogP contribution in [0.3, 0.4) is 0 Å². The number of fused-ring (bicyclic) bond motifs is 1. The summed E-state index contributed by atoms with van der Waals surface area (Å²) in [7, 11) is -3.57. The molecule has 2 amide bonds. The van der Waals surface area contributed by atoms with E-state index >= 15 is 0 Å². The lowest BCUT2D eigenvalue weighted by Gasteiger charge is -2.33. The Bertz CT molecular complexity index is 1570. The highest BCUT2D eigenvalue weighted by Gasteiger charge is 2.45. The first kappa shape index (κ1) is 25.4. The fraction of sp³-hybridized carbons (Fsp3) is 0.133. The van der Waals surface area contributed by atoms with Crippen molar-refractivity contribution < 1.29 is 22.4 Å². The van der Waals surface area contributed by atoms with Crippen LogP contribution in [-0.4, -0.2) is 31.4 Å². The minimum absolute atomic E-state index is 0.137. The van der Waals surface area contributed by atoms with Crippen molar-refractivity contribution >= 4 is 21.7 Å². The number of carbonyl (C=O) groups excluding carboxylic acids is 2. The number of amides is 2. The summed E-state index contributed by atoms with van der Waals surface area (Å²) in [6.07, 6.45) is 1.00. The van der Waals surface area contributed by atoms with E-state index in [-0.39, 0.29) is 22.9 Å². The van der Waals surface area contributed by atoms with Crippen molar-refractivity contribution in [1.82, 2.24) is 10.2 Å². The maximum Gasteiger partial charge on any atom is 0.255 e. The minimum atomic E-state index is -3.57. The van der Waals surface area contributed by atoms with Gasteiger partial charge in [0.05, 0.1) is 10.9 Å². The lowest BCUT2D eigenvalue weighted by molar-refractivity contribution is -0.126. The van der Waals surface area contributed by atoms with E-state index in [9.17, 15) is 22.4 Å². The minimum Gasteiger partial charge on any atom is -0.350 e. The second-order valence-corrected chi connectivity index (χ2v) is 11.2. The molecule has 1 aliphatic rings. The van der Waals surface area contributed by atoms with Crippen LogP contribution in [0.25, 0.3) is 0 Å². The highest BCUT2D eigenvalue weighted by Crippen LogP contribution is 2.42. The molecule has 0 radical (unpaired) electrons. The maximum absolute atomic E-state index is 14.7. The van der Waals surface area contributed by atoms with Gasteiger partial charge in [-0.3, -0.25) is 9.59 Å². The second kappa shape index (κ2) is 10.2. The Balaban J connectivity index is 1.52. The van der Waals surface area contributed by atoms with Crippen molar-refractivity contribution in [2.45, 2.75) is 23.5 Å². The van der Waals surface area contributed by atoms with E-state index in [4.69, 9.17) is 0 Å². The Morgan fingerprint density at radius 1 is 0.895 bits per heavy atom. The van der Waals surface area contributed by atoms with Crippen molar-refractivity contribution in [2.75, 3.05) is 6.26 Å². The van der Waals surface area contributed by atoms with Gasteiger partial charge in [-0.2, -0.15) is 0 Å². The normalized spacial score (nSPS) is 15.0. The van der Waals surface area contributed by atoms with Crippen LogP contribution in [0.4, 0.5) is 4.39 Å². The van der Waals surface area contributed by atoms with Crippen LogP contribution in [0.1, 0.15) is 44.7 Å². The van der Waals surface area contributed by atoms with E-state index in [2.05, 4.69) is 5.32 Å². The number of nitrogens with zero attached hydrogens (tertiary/aromatic N) is 1. The second-order valence-electron chi connectivity index (χ2n) is 9.17. The molecule has 1 heterocycles. The molecule has 4 aromatic carbocycles. The van der Waals surface area contributed by atoms with Gasteiger partial charge in [0, 0.05) is 23.9 Å². The first-order chi connectivity index (χ1) is 18.3. The van der Waals surface area contributed by atoms with E-state index in [0.29, 0.717) is 11.1 Å². The van der Waals surface area contributed by atoms with Crippen LogP contribution in [0, 0.1) is 5.82 Å². The summed E-state index contributed by atoms with van der Waals surface area (Å²) in [5.41, 5.74) is 2.84. The van der Waals surface area contributed by atoms with Gasteiger partial charge in [0.2, 0.25) is 5.91 Å². The molecule has 0 aliphatic carbocycles. The molecule has 0 spiro atoms. The Labute approximate surface area is 220 Å². The van der Waals surface area contributed by atoms with Gasteiger partial charge in [-0.1, -0.05) is 84.9 Å². The van der Waals surface area contributed by atoms with Crippen molar-refractivity contribution in [3.05, 3.63) is 137 Å². The summed E-state index contributed by atoms with van der Waals surface area (Å²) in [5.74, 6) is -1.48. The van der Waals surface area contributed by atoms with Crippen LogP contribution < -0.4 is 5.32 Å². The van der Waals surface area contributed by atoms with Crippen molar-refractivity contribution in [2.24, 2.45) is 0 Å². The Hall–Kier alpha value is -4.30. The van der Waals surface area contributed by atoms with Crippen LogP contribution in [0.2, 0.25) is 0 Å². The van der Waals surface area contributed by atoms with Crippen LogP contribution in [0.5, 0.6) is 0 Å². The summed E-state index contributed by atoms with van der Waals surface area (Å²) in [6.45, 7) is -0.170. The molecular weight excluding hydrogens is 503 g/mol. The van der Waals surface area contributed by atoms with Gasteiger partial charge in [-0.05, 0) is 34.9 Å². The number of hydrogen-bond acceptors (Lipinski definition) is 4. The molecule has 5 rings (SSSR count). The smallest absolute Gasteiger partial charge is 0.255 e. The lowest BCUT2D eigenvalue weighted by atomic mass is 9.95. The third-order valence-corrected chi connectivity index (χ3v) is 7.77. The number of nitrogens with one attached hydrogen (secondary N) is 1. The molecule has 192 valence electrons. The quantitative estimate of drug-likeness (QED) is 0.372. The predicted molar refractivity (Wildman–Crippen MR) is 141 cm³/mol. The van der Waals surface area contributed by atoms with Crippen molar-refractivity contribution in [1.29, 1.82) is 0 Å². The van der Waals surface area contributed by atoms with Gasteiger partial charge >= 0.3 is 0 Å². The molecule has 0 saturated carbocycles. The zero-order valence-corrected chi connectivity index (χ0v) is 21.4. The molecule has 38 heavy (non-hydrogen) atoms. The van der Waals surface area contributed by atoms with Gasteiger partial charge in [0.15, 0.2) is 9.84 Å². The van der Waals surface area contributed by atoms with Gasteiger partial charge < -0.3 is 10.2 Å². The largest absolute Gasteiger partial charge is 0.350 e. The molecule has 0 bridgehead atoms. The molecule has 1 N–H and O–H groups in total. The average molecular weight is 529 g/mol. The molecule has 0 saturated heterocycles. The number of hydrogen-bond donors (Lipinski definition) is 1. The number of sulfone groups is 1. The molecule has 1 unspecified atom stereocenters. The molecule has 1 aliphatic heterocycles. The van der Waals surface area contributed by atoms with E-state index in [1.165, 1.54) is 12.1 Å². The summed E-state index contributed by atoms with van der Waals surface area (Å²) in [5, 5.41) is 2.77. The average Bonchev–Trinajstić information content (AvgIpc) is 3.21. The highest BCUT2D eigenvalue weighted by molar-refractivity contribution is 7.90. The lowest BCUT2D eigenvalue weighted by Crippen LogP contribution is -2.41. The van der Waals surface area contributed by atoms with E-state index < -0.39 is 33.6 Å². The molecular formula is C30H25FN2O4S. The molecule has 0 fully saturated rings. The van der Waals surface area contributed by atoms with E-state index in [0.717, 1.165) is 23.4 Å². The molecule has 0 aromatic heterocycles. The highest BCUT2D eigenvalue weighted by atomic mass is 32.2. The Kier molecular flexibility index (Phi) is 6.82. The zero-order chi connectivity index (χ0) is 26.9. The third-order valence-electron chi connectivity index (χ3n) is 6.66. The summed E-state index contributed by atoms with van der Waals surface area (Å²) in [6, 6.07) is 28.1. The van der Waals surface area contributed by atoms with Crippen molar-refractivity contribution in [3.8, 4) is 0 Å². The Morgan fingerprint density at radius 2 is 1.47 bits per heavy atom. The zero-order valence-electron chi connectivity index (χ0n) is 20.5. The van der Waals surface area contributed by atoms with Gasteiger partial charge in [-0.15, -0.1) is 0 Å². The third kappa shape index (κ3) is 4.82. The maximum atomic E-state index is 14.7. The van der Waals surface area contributed by atoms with Gasteiger partial charge in [-0.25, -0.2) is 12.8 Å². The number of benzene rings is 4. The number of halogens is 1. The van der Waals surface area contributed by atoms with Crippen LogP contribution >= 0.6 is 0 Å². The summed E-state index contributed by atoms with van der Waals surface area (Å²) < 4.78 is 38.2. The fourth-order valence-electron chi connectivity index (χ4n) is 4.84. The molecule has 1 atom stereocenters. The predicted octanol–water partition coefficient (Wildman–Crippen LogP) is 4.83. The van der Waals surface area contributed by atoms with E-state index in [1.54, 1.807) is 29.2 Å². The molecule has 8 heteroatoms. The van der Waals surface area contributed by atoms with Gasteiger partial charge in [0.1, 0.15) is 11.9 Å². The van der Waals surface area contributed by atoms with Gasteiger partial charge in [0.25, 0.3) is 5.91 Å². The first-order valence-electron chi connectivity index (χ1n) is 12.0. The topological polar surface area (TPSA) is 83.5 Å². The standard InChI is InChI=1S/C30H25FN2O4S/c1-38(36,37)23-17-16-22(26(31)18-23)19-32-29(34)28-24-14-8-9-15-25(24)30(35)33(28)27(20-10-4-2-5-11-20)21-12-6-3-7-13-21/h2-18,27-28H,19H2,1H3,(H,32,34).